The maximum atomic E-state index is 13.4. The second kappa shape index (κ2) is 14.7. The summed E-state index contributed by atoms with van der Waals surface area (Å²) in [5, 5.41) is 33.2. The van der Waals surface area contributed by atoms with Crippen LogP contribution in [0.4, 0.5) is 22.0 Å². The zero-order chi connectivity index (χ0) is 36.4. The lowest BCUT2D eigenvalue weighted by Gasteiger charge is -2.31. The Labute approximate surface area is 299 Å². The predicted molar refractivity (Wildman–Crippen MR) is 194 cm³/mol. The highest BCUT2D eigenvalue weighted by Gasteiger charge is 2.44. The number of carbonyl (C=O) groups excluding carboxylic acids is 2. The SMILES string of the molecule is CC(C)(C)OC(=O)Nc1cc(C(=O)NC[C@H]2O[C@@H](n3cnc4c(NCc5cccc6ccccc56)ncnc43)[C@H](O)[C@@H]2O)ccc1N1CCOCC1. The molecule has 0 saturated carbocycles. The van der Waals surface area contributed by atoms with Gasteiger partial charge in [-0.15, -0.1) is 0 Å². The molecule has 2 aliphatic rings. The molecule has 0 aliphatic carbocycles. The average molecular weight is 711 g/mol. The van der Waals surface area contributed by atoms with Crippen molar-refractivity contribution < 1.29 is 34.0 Å². The van der Waals surface area contributed by atoms with Crippen molar-refractivity contribution in [2.24, 2.45) is 0 Å². The summed E-state index contributed by atoms with van der Waals surface area (Å²) < 4.78 is 18.6. The van der Waals surface area contributed by atoms with Crippen LogP contribution in [-0.2, 0) is 20.8 Å². The quantitative estimate of drug-likeness (QED) is 0.149. The summed E-state index contributed by atoms with van der Waals surface area (Å²) in [5.74, 6) is 0.0472. The highest BCUT2D eigenvalue weighted by molar-refractivity contribution is 5.98. The van der Waals surface area contributed by atoms with Gasteiger partial charge in [0.2, 0.25) is 0 Å². The van der Waals surface area contributed by atoms with Gasteiger partial charge in [-0.3, -0.25) is 14.7 Å². The Hall–Kier alpha value is -5.35. The largest absolute Gasteiger partial charge is 0.444 e. The number of fused-ring (bicyclic) bond motifs is 2. The van der Waals surface area contributed by atoms with E-state index >= 15 is 0 Å². The summed E-state index contributed by atoms with van der Waals surface area (Å²) in [6.45, 7) is 8.02. The lowest BCUT2D eigenvalue weighted by Crippen LogP contribution is -2.40. The molecule has 0 spiro atoms. The molecule has 3 aromatic carbocycles. The summed E-state index contributed by atoms with van der Waals surface area (Å²) in [6.07, 6.45) is -2.39. The summed E-state index contributed by atoms with van der Waals surface area (Å²) in [4.78, 5) is 41.5. The number of aliphatic hydroxyl groups is 2. The van der Waals surface area contributed by atoms with Gasteiger partial charge in [0.15, 0.2) is 23.2 Å². The number of imidazole rings is 1. The molecule has 15 nitrogen and oxygen atoms in total. The fourth-order valence-electron chi connectivity index (χ4n) is 6.49. The topological polar surface area (TPSA) is 185 Å². The summed E-state index contributed by atoms with van der Waals surface area (Å²) in [6, 6.07) is 19.3. The molecule has 5 aromatic rings. The first-order valence-electron chi connectivity index (χ1n) is 17.2. The van der Waals surface area contributed by atoms with E-state index in [-0.39, 0.29) is 12.1 Å². The van der Waals surface area contributed by atoms with Crippen LogP contribution in [0.2, 0.25) is 0 Å². The van der Waals surface area contributed by atoms with E-state index in [0.29, 0.717) is 55.5 Å². The maximum absolute atomic E-state index is 13.4. The molecule has 2 amide bonds. The molecule has 4 heterocycles. The number of nitrogens with one attached hydrogen (secondary N) is 3. The number of anilines is 3. The number of morpholine rings is 1. The van der Waals surface area contributed by atoms with E-state index in [1.807, 2.05) is 18.2 Å². The molecule has 0 radical (unpaired) electrons. The van der Waals surface area contributed by atoms with Crippen molar-refractivity contribution in [3.05, 3.63) is 84.4 Å². The third-order valence-electron chi connectivity index (χ3n) is 9.01. The monoisotopic (exact) mass is 710 g/mol. The number of aliphatic hydroxyl groups excluding tert-OH is 2. The van der Waals surface area contributed by atoms with Crippen molar-refractivity contribution in [2.45, 2.75) is 57.5 Å². The van der Waals surface area contributed by atoms with Crippen LogP contribution in [0, 0.1) is 0 Å². The van der Waals surface area contributed by atoms with Crippen molar-refractivity contribution in [1.29, 1.82) is 0 Å². The Bertz CT molecular complexity index is 2070. The van der Waals surface area contributed by atoms with Gasteiger partial charge in [0.25, 0.3) is 5.91 Å². The molecular weight excluding hydrogens is 668 g/mol. The Morgan fingerprint density at radius 3 is 2.58 bits per heavy atom. The molecule has 2 aromatic heterocycles. The summed E-state index contributed by atoms with van der Waals surface area (Å²) >= 11 is 0. The number of benzene rings is 3. The normalized spacial score (nSPS) is 20.6. The molecule has 4 atom stereocenters. The van der Waals surface area contributed by atoms with Gasteiger partial charge in [-0.2, -0.15) is 0 Å². The first-order chi connectivity index (χ1) is 25.1. The van der Waals surface area contributed by atoms with Crippen LogP contribution in [0.25, 0.3) is 21.9 Å². The summed E-state index contributed by atoms with van der Waals surface area (Å²) in [5.41, 5.74) is 2.67. The highest BCUT2D eigenvalue weighted by Crippen LogP contribution is 2.33. The Morgan fingerprint density at radius 2 is 1.77 bits per heavy atom. The van der Waals surface area contributed by atoms with E-state index in [0.717, 1.165) is 22.0 Å². The van der Waals surface area contributed by atoms with Crippen LogP contribution in [0.3, 0.4) is 0 Å². The van der Waals surface area contributed by atoms with Gasteiger partial charge in [-0.25, -0.2) is 19.7 Å². The molecule has 0 bridgehead atoms. The van der Waals surface area contributed by atoms with Gasteiger partial charge in [-0.05, 0) is 55.3 Å². The molecule has 5 N–H and O–H groups in total. The predicted octanol–water partition coefficient (Wildman–Crippen LogP) is 3.82. The highest BCUT2D eigenvalue weighted by atomic mass is 16.6. The zero-order valence-corrected chi connectivity index (χ0v) is 29.2. The molecule has 2 aliphatic heterocycles. The average Bonchev–Trinajstić information content (AvgIpc) is 3.69. The molecule has 2 fully saturated rings. The number of hydrogen-bond donors (Lipinski definition) is 5. The number of hydrogen-bond acceptors (Lipinski definition) is 12. The van der Waals surface area contributed by atoms with Crippen molar-refractivity contribution in [2.75, 3.05) is 48.4 Å². The minimum atomic E-state index is -1.33. The van der Waals surface area contributed by atoms with E-state index in [9.17, 15) is 19.8 Å². The van der Waals surface area contributed by atoms with Crippen LogP contribution >= 0.6 is 0 Å². The first kappa shape index (κ1) is 35.1. The lowest BCUT2D eigenvalue weighted by atomic mass is 10.0. The number of ether oxygens (including phenoxy) is 3. The molecule has 2 saturated heterocycles. The van der Waals surface area contributed by atoms with Crippen molar-refractivity contribution in [1.82, 2.24) is 24.8 Å². The van der Waals surface area contributed by atoms with Crippen LogP contribution < -0.4 is 20.9 Å². The fourth-order valence-corrected chi connectivity index (χ4v) is 6.49. The van der Waals surface area contributed by atoms with Gasteiger partial charge in [0.1, 0.15) is 30.2 Å². The summed E-state index contributed by atoms with van der Waals surface area (Å²) in [7, 11) is 0. The smallest absolute Gasteiger partial charge is 0.412 e. The van der Waals surface area contributed by atoms with Gasteiger partial charge in [0.05, 0.1) is 30.9 Å². The van der Waals surface area contributed by atoms with Crippen LogP contribution in [-0.4, -0.2) is 98.5 Å². The number of rotatable bonds is 9. The third-order valence-corrected chi connectivity index (χ3v) is 9.01. The lowest BCUT2D eigenvalue weighted by molar-refractivity contribution is -0.0337. The van der Waals surface area contributed by atoms with Gasteiger partial charge in [-0.1, -0.05) is 42.5 Å². The van der Waals surface area contributed by atoms with Crippen molar-refractivity contribution >= 4 is 51.1 Å². The van der Waals surface area contributed by atoms with Crippen molar-refractivity contribution in [3.8, 4) is 0 Å². The van der Waals surface area contributed by atoms with E-state index in [1.165, 1.54) is 12.7 Å². The minimum Gasteiger partial charge on any atom is -0.444 e. The van der Waals surface area contributed by atoms with Gasteiger partial charge < -0.3 is 40.0 Å². The van der Waals surface area contributed by atoms with Crippen LogP contribution in [0.5, 0.6) is 0 Å². The van der Waals surface area contributed by atoms with E-state index in [1.54, 1.807) is 43.5 Å². The van der Waals surface area contributed by atoms with E-state index in [4.69, 9.17) is 14.2 Å². The number of aromatic nitrogens is 4. The van der Waals surface area contributed by atoms with Gasteiger partial charge >= 0.3 is 6.09 Å². The zero-order valence-electron chi connectivity index (χ0n) is 29.2. The molecule has 7 rings (SSSR count). The number of amides is 2. The van der Waals surface area contributed by atoms with E-state index < -0.39 is 42.1 Å². The second-order valence-corrected chi connectivity index (χ2v) is 13.8. The fraction of sp³-hybridized carbons (Fsp3) is 0.378. The van der Waals surface area contributed by atoms with Gasteiger partial charge in [0, 0.05) is 31.7 Å². The minimum absolute atomic E-state index is 0.104. The molecule has 272 valence electrons. The molecule has 0 unspecified atom stereocenters. The van der Waals surface area contributed by atoms with Crippen LogP contribution in [0.1, 0.15) is 42.9 Å². The Kier molecular flexibility index (Phi) is 9.92. The Balaban J connectivity index is 1.03. The van der Waals surface area contributed by atoms with Crippen LogP contribution in [0.15, 0.2) is 73.3 Å². The molecule has 52 heavy (non-hydrogen) atoms. The Morgan fingerprint density at radius 1 is 0.981 bits per heavy atom. The standard InChI is InChI=1S/C37H42N8O7/c1-37(2,3)52-36(49)43-26-17-23(11-12-27(26)44-13-15-50-16-14-44)34(48)39-19-28-30(46)31(47)35(51-28)45-21-42-29-32(40-20-41-33(29)45)38-18-24-9-6-8-22-7-4-5-10-25(22)24/h4-12,17,20-21,28,30-31,35,46-47H,13-16,18-19H2,1-3H3,(H,39,48)(H,43,49)(H,38,40,41)/t28-,30-,31-,35-/m1/s1. The van der Waals surface area contributed by atoms with Crippen molar-refractivity contribution in [3.63, 3.8) is 0 Å². The maximum Gasteiger partial charge on any atom is 0.412 e. The first-order valence-corrected chi connectivity index (χ1v) is 17.2. The second-order valence-electron chi connectivity index (χ2n) is 13.8. The molecule has 15 heteroatoms. The number of nitrogens with zero attached hydrogens (tertiary/aromatic N) is 5. The third kappa shape index (κ3) is 7.48. The number of carbonyl (C=O) groups is 2. The van der Waals surface area contributed by atoms with E-state index in [2.05, 4.69) is 60.1 Å². The molecular formula is C37H42N8O7.